The molecule has 1 amide bonds. The molecule has 0 rings (SSSR count). The van der Waals surface area contributed by atoms with Crippen LogP contribution in [0, 0.1) is 0 Å². The Morgan fingerprint density at radius 3 is 2.27 bits per heavy atom. The highest BCUT2D eigenvalue weighted by molar-refractivity contribution is 5.77. The summed E-state index contributed by atoms with van der Waals surface area (Å²) in [7, 11) is 1.76. The average Bonchev–Trinajstić information content (AvgIpc) is 2.27. The Labute approximate surface area is 92.8 Å². The highest BCUT2D eigenvalue weighted by Crippen LogP contribution is 2.11. The molecular formula is C11H24N2O2. The number of carbonyl (C=O) groups excluding carboxylic acids is 1. The topological polar surface area (TPSA) is 55.6 Å². The van der Waals surface area contributed by atoms with Crippen molar-refractivity contribution in [2.75, 3.05) is 26.8 Å². The van der Waals surface area contributed by atoms with E-state index >= 15 is 0 Å². The largest absolute Gasteiger partial charge is 0.370 e. The van der Waals surface area contributed by atoms with Gasteiger partial charge in [0.2, 0.25) is 5.91 Å². The lowest BCUT2D eigenvalue weighted by Crippen LogP contribution is -2.44. The van der Waals surface area contributed by atoms with Gasteiger partial charge < -0.3 is 15.4 Å². The first-order chi connectivity index (χ1) is 6.99. The van der Waals surface area contributed by atoms with Crippen molar-refractivity contribution < 1.29 is 9.53 Å². The number of hydrogen-bond donors (Lipinski definition) is 1. The van der Waals surface area contributed by atoms with E-state index in [1.165, 1.54) is 0 Å². The number of likely N-dealkylation sites (N-methyl/N-ethyl adjacent to an activating group) is 1. The fourth-order valence-electron chi connectivity index (χ4n) is 1.08. The van der Waals surface area contributed by atoms with E-state index in [4.69, 9.17) is 10.5 Å². The van der Waals surface area contributed by atoms with E-state index in [-0.39, 0.29) is 18.1 Å². The van der Waals surface area contributed by atoms with Crippen LogP contribution in [0.5, 0.6) is 0 Å². The lowest BCUT2D eigenvalue weighted by molar-refractivity contribution is -0.135. The Bertz CT molecular complexity index is 191. The van der Waals surface area contributed by atoms with Crippen molar-refractivity contribution in [2.45, 2.75) is 39.2 Å². The summed E-state index contributed by atoms with van der Waals surface area (Å²) >= 11 is 0. The van der Waals surface area contributed by atoms with Gasteiger partial charge in [-0.3, -0.25) is 4.79 Å². The SMILES string of the molecule is CCN(C)C(=O)COCC(N)(CC)CC. The van der Waals surface area contributed by atoms with Crippen molar-refractivity contribution in [2.24, 2.45) is 5.73 Å². The molecule has 4 heteroatoms. The zero-order valence-corrected chi connectivity index (χ0v) is 10.4. The molecule has 0 radical (unpaired) electrons. The van der Waals surface area contributed by atoms with Crippen molar-refractivity contribution in [3.63, 3.8) is 0 Å². The van der Waals surface area contributed by atoms with E-state index in [0.717, 1.165) is 12.8 Å². The van der Waals surface area contributed by atoms with Crippen LogP contribution < -0.4 is 5.73 Å². The molecule has 0 unspecified atom stereocenters. The van der Waals surface area contributed by atoms with E-state index < -0.39 is 0 Å². The van der Waals surface area contributed by atoms with Crippen molar-refractivity contribution >= 4 is 5.91 Å². The number of hydrogen-bond acceptors (Lipinski definition) is 3. The Hall–Kier alpha value is -0.610. The number of amides is 1. The molecule has 0 fully saturated rings. The number of nitrogens with two attached hydrogens (primary N) is 1. The van der Waals surface area contributed by atoms with Crippen LogP contribution in [-0.4, -0.2) is 43.2 Å². The second-order valence-corrected chi connectivity index (χ2v) is 3.97. The van der Waals surface area contributed by atoms with Gasteiger partial charge in [-0.15, -0.1) is 0 Å². The molecule has 0 spiro atoms. The number of rotatable bonds is 7. The Morgan fingerprint density at radius 1 is 1.33 bits per heavy atom. The minimum absolute atomic E-state index is 0.00653. The normalized spacial score (nSPS) is 11.5. The molecule has 0 heterocycles. The van der Waals surface area contributed by atoms with E-state index in [9.17, 15) is 4.79 Å². The van der Waals surface area contributed by atoms with E-state index in [0.29, 0.717) is 13.2 Å². The first-order valence-corrected chi connectivity index (χ1v) is 5.59. The van der Waals surface area contributed by atoms with Gasteiger partial charge >= 0.3 is 0 Å². The van der Waals surface area contributed by atoms with Gasteiger partial charge in [0, 0.05) is 19.1 Å². The van der Waals surface area contributed by atoms with Crippen LogP contribution in [-0.2, 0) is 9.53 Å². The molecule has 0 atom stereocenters. The molecule has 90 valence electrons. The van der Waals surface area contributed by atoms with Gasteiger partial charge in [-0.1, -0.05) is 13.8 Å². The van der Waals surface area contributed by atoms with Crippen LogP contribution in [0.3, 0.4) is 0 Å². The fraction of sp³-hybridized carbons (Fsp3) is 0.909. The van der Waals surface area contributed by atoms with E-state index in [1.54, 1.807) is 11.9 Å². The van der Waals surface area contributed by atoms with Crippen molar-refractivity contribution in [1.29, 1.82) is 0 Å². The van der Waals surface area contributed by atoms with Crippen LogP contribution in [0.25, 0.3) is 0 Å². The molecule has 4 nitrogen and oxygen atoms in total. The molecule has 0 saturated carbocycles. The summed E-state index contributed by atoms with van der Waals surface area (Å²) in [4.78, 5) is 13.0. The molecule has 0 aliphatic carbocycles. The zero-order chi connectivity index (χ0) is 11.9. The average molecular weight is 216 g/mol. The number of nitrogens with zero attached hydrogens (tertiary/aromatic N) is 1. The third-order valence-electron chi connectivity index (χ3n) is 2.92. The maximum Gasteiger partial charge on any atom is 0.248 e. The Kier molecular flexibility index (Phi) is 6.52. The van der Waals surface area contributed by atoms with Crippen molar-refractivity contribution in [3.8, 4) is 0 Å². The molecule has 0 aromatic rings. The van der Waals surface area contributed by atoms with Gasteiger partial charge in [0.05, 0.1) is 6.61 Å². The van der Waals surface area contributed by atoms with Gasteiger partial charge in [-0.05, 0) is 19.8 Å². The number of carbonyl (C=O) groups is 1. The molecular weight excluding hydrogens is 192 g/mol. The minimum Gasteiger partial charge on any atom is -0.370 e. The van der Waals surface area contributed by atoms with Gasteiger partial charge in [0.15, 0.2) is 0 Å². The summed E-state index contributed by atoms with van der Waals surface area (Å²) in [5, 5.41) is 0. The first kappa shape index (κ1) is 14.4. The molecule has 0 aliphatic heterocycles. The van der Waals surface area contributed by atoms with Crippen molar-refractivity contribution in [3.05, 3.63) is 0 Å². The fourth-order valence-corrected chi connectivity index (χ4v) is 1.08. The van der Waals surface area contributed by atoms with Gasteiger partial charge in [-0.2, -0.15) is 0 Å². The van der Waals surface area contributed by atoms with E-state index in [1.807, 2.05) is 20.8 Å². The molecule has 2 N–H and O–H groups in total. The Balaban J connectivity index is 3.83. The number of ether oxygens (including phenoxy) is 1. The van der Waals surface area contributed by atoms with Crippen LogP contribution in [0.2, 0.25) is 0 Å². The molecule has 0 aromatic carbocycles. The molecule has 15 heavy (non-hydrogen) atoms. The first-order valence-electron chi connectivity index (χ1n) is 5.59. The van der Waals surface area contributed by atoms with Gasteiger partial charge in [0.25, 0.3) is 0 Å². The monoisotopic (exact) mass is 216 g/mol. The summed E-state index contributed by atoms with van der Waals surface area (Å²) in [5.74, 6) is 0.00653. The summed E-state index contributed by atoms with van der Waals surface area (Å²) < 4.78 is 5.35. The zero-order valence-electron chi connectivity index (χ0n) is 10.4. The second kappa shape index (κ2) is 6.80. The van der Waals surface area contributed by atoms with Gasteiger partial charge in [-0.25, -0.2) is 0 Å². The van der Waals surface area contributed by atoms with Gasteiger partial charge in [0.1, 0.15) is 6.61 Å². The summed E-state index contributed by atoms with van der Waals surface area (Å²) in [5.41, 5.74) is 5.75. The predicted octanol–water partition coefficient (Wildman–Crippen LogP) is 0.999. The maximum absolute atomic E-state index is 11.4. The molecule has 0 aromatic heterocycles. The Morgan fingerprint density at radius 2 is 1.87 bits per heavy atom. The van der Waals surface area contributed by atoms with Crippen LogP contribution in [0.15, 0.2) is 0 Å². The minimum atomic E-state index is -0.287. The lowest BCUT2D eigenvalue weighted by atomic mass is 9.96. The predicted molar refractivity (Wildman–Crippen MR) is 61.6 cm³/mol. The highest BCUT2D eigenvalue weighted by atomic mass is 16.5. The molecule has 0 saturated heterocycles. The highest BCUT2D eigenvalue weighted by Gasteiger charge is 2.21. The van der Waals surface area contributed by atoms with Crippen molar-refractivity contribution in [1.82, 2.24) is 4.90 Å². The standard InChI is InChI=1S/C11H24N2O2/c1-5-11(12,6-2)9-15-8-10(14)13(4)7-3/h5-9,12H2,1-4H3. The lowest BCUT2D eigenvalue weighted by Gasteiger charge is -2.26. The summed E-state index contributed by atoms with van der Waals surface area (Å²) in [6.45, 7) is 7.28. The third-order valence-corrected chi connectivity index (χ3v) is 2.92. The molecule has 0 bridgehead atoms. The summed E-state index contributed by atoms with van der Waals surface area (Å²) in [6, 6.07) is 0. The maximum atomic E-state index is 11.4. The van der Waals surface area contributed by atoms with Crippen LogP contribution in [0.1, 0.15) is 33.6 Å². The van der Waals surface area contributed by atoms with Crippen LogP contribution >= 0.6 is 0 Å². The second-order valence-electron chi connectivity index (χ2n) is 3.97. The quantitative estimate of drug-likeness (QED) is 0.690. The molecule has 0 aliphatic rings. The van der Waals surface area contributed by atoms with E-state index in [2.05, 4.69) is 0 Å². The summed E-state index contributed by atoms with van der Waals surface area (Å²) in [6.07, 6.45) is 1.72. The van der Waals surface area contributed by atoms with Crippen LogP contribution in [0.4, 0.5) is 0 Å². The smallest absolute Gasteiger partial charge is 0.248 e. The third kappa shape index (κ3) is 5.14.